The van der Waals surface area contributed by atoms with Crippen molar-refractivity contribution >= 4 is 5.97 Å². The second-order valence-corrected chi connectivity index (χ2v) is 7.96. The third-order valence-corrected chi connectivity index (χ3v) is 5.92. The number of carboxylic acids is 1. The fourth-order valence-corrected chi connectivity index (χ4v) is 4.32. The fourth-order valence-electron chi connectivity index (χ4n) is 4.32. The van der Waals surface area contributed by atoms with E-state index < -0.39 is 5.97 Å². The van der Waals surface area contributed by atoms with Crippen molar-refractivity contribution in [2.24, 2.45) is 0 Å². The number of fused-ring (bicyclic) bond motifs is 1. The molecular formula is C24H28N2O3. The zero-order valence-corrected chi connectivity index (χ0v) is 16.8. The molecule has 0 radical (unpaired) electrons. The summed E-state index contributed by atoms with van der Waals surface area (Å²) in [5, 5.41) is 12.6. The molecule has 29 heavy (non-hydrogen) atoms. The number of aliphatic carboxylic acids is 1. The van der Waals surface area contributed by atoms with Crippen molar-refractivity contribution in [2.45, 2.75) is 50.8 Å². The van der Waals surface area contributed by atoms with Gasteiger partial charge in [-0.2, -0.15) is 0 Å². The van der Waals surface area contributed by atoms with Crippen LogP contribution < -0.4 is 10.1 Å². The van der Waals surface area contributed by atoms with Crippen LogP contribution in [0.3, 0.4) is 0 Å². The molecule has 2 atom stereocenters. The number of carbonyl (C=O) groups is 1. The molecule has 2 aliphatic rings. The van der Waals surface area contributed by atoms with Gasteiger partial charge in [0.2, 0.25) is 0 Å². The molecule has 1 unspecified atom stereocenters. The molecule has 0 aromatic heterocycles. The Morgan fingerprint density at radius 3 is 2.62 bits per heavy atom. The first kappa shape index (κ1) is 19.4. The summed E-state index contributed by atoms with van der Waals surface area (Å²) in [5.74, 6) is -0.154. The van der Waals surface area contributed by atoms with Gasteiger partial charge in [0.05, 0.1) is 6.42 Å². The maximum Gasteiger partial charge on any atom is 0.304 e. The van der Waals surface area contributed by atoms with E-state index in [0.29, 0.717) is 6.61 Å². The lowest BCUT2D eigenvalue weighted by atomic mass is 9.90. The third-order valence-electron chi connectivity index (χ3n) is 5.92. The molecule has 5 heteroatoms. The van der Waals surface area contributed by atoms with Crippen molar-refractivity contribution in [3.05, 3.63) is 77.1 Å². The van der Waals surface area contributed by atoms with Crippen LogP contribution in [0.4, 0.5) is 0 Å². The Hall–Kier alpha value is -2.95. The highest BCUT2D eigenvalue weighted by Crippen LogP contribution is 2.29. The number of nitrogens with one attached hydrogen (secondary N) is 1. The molecule has 152 valence electrons. The molecule has 2 aromatic rings. The first-order valence-electron chi connectivity index (χ1n) is 10.3. The van der Waals surface area contributed by atoms with Gasteiger partial charge in [0.1, 0.15) is 18.5 Å². The lowest BCUT2D eigenvalue weighted by molar-refractivity contribution is -0.137. The van der Waals surface area contributed by atoms with Crippen molar-refractivity contribution in [1.29, 1.82) is 0 Å². The Balaban J connectivity index is 1.42. The van der Waals surface area contributed by atoms with Crippen LogP contribution >= 0.6 is 0 Å². The Labute approximate surface area is 172 Å². The summed E-state index contributed by atoms with van der Waals surface area (Å²) in [6, 6.07) is 14.5. The summed E-state index contributed by atoms with van der Waals surface area (Å²) in [4.78, 5) is 13.4. The van der Waals surface area contributed by atoms with Gasteiger partial charge in [-0.15, -0.1) is 0 Å². The lowest BCUT2D eigenvalue weighted by Crippen LogP contribution is -2.39. The minimum Gasteiger partial charge on any atom is -0.489 e. The molecule has 0 saturated carbocycles. The van der Waals surface area contributed by atoms with Crippen LogP contribution in [0.5, 0.6) is 5.75 Å². The van der Waals surface area contributed by atoms with Crippen LogP contribution in [0, 0.1) is 0 Å². The normalized spacial score (nSPS) is 18.8. The molecule has 0 amide bonds. The van der Waals surface area contributed by atoms with Gasteiger partial charge >= 0.3 is 5.97 Å². The first-order chi connectivity index (χ1) is 14.1. The smallest absolute Gasteiger partial charge is 0.304 e. The Morgan fingerprint density at radius 2 is 1.93 bits per heavy atom. The molecule has 0 bridgehead atoms. The Bertz CT molecular complexity index is 891. The summed E-state index contributed by atoms with van der Waals surface area (Å²) < 4.78 is 5.99. The van der Waals surface area contributed by atoms with E-state index in [-0.39, 0.29) is 18.5 Å². The zero-order chi connectivity index (χ0) is 20.2. The standard InChI is InChI=1S/C24H28N2O3/c1-26-13-12-25-24(26)22(15-23(27)28)19-8-10-21(11-9-19)29-16-17-6-7-18-4-2-3-5-20(18)14-17/h6-14,22,24-25H,2-5,15-16H2,1H3,(H,27,28)/t22-,24?/m0/s1. The highest BCUT2D eigenvalue weighted by atomic mass is 16.5. The van der Waals surface area contributed by atoms with Crippen LogP contribution in [-0.4, -0.2) is 29.2 Å². The summed E-state index contributed by atoms with van der Waals surface area (Å²) in [7, 11) is 1.95. The predicted octanol–water partition coefficient (Wildman–Crippen LogP) is 4.04. The van der Waals surface area contributed by atoms with Gasteiger partial charge in [-0.3, -0.25) is 4.79 Å². The van der Waals surface area contributed by atoms with Crippen molar-refractivity contribution in [2.75, 3.05) is 7.05 Å². The summed E-state index contributed by atoms with van der Waals surface area (Å²) in [5.41, 5.74) is 5.13. The van der Waals surface area contributed by atoms with Crippen LogP contribution in [-0.2, 0) is 24.2 Å². The average Bonchev–Trinajstić information content (AvgIpc) is 3.16. The van der Waals surface area contributed by atoms with Gasteiger partial charge in [0, 0.05) is 25.4 Å². The Morgan fingerprint density at radius 1 is 1.17 bits per heavy atom. The molecule has 0 saturated heterocycles. The molecular weight excluding hydrogens is 364 g/mol. The molecule has 2 aromatic carbocycles. The van der Waals surface area contributed by atoms with Gasteiger partial charge < -0.3 is 20.1 Å². The maximum absolute atomic E-state index is 11.4. The Kier molecular flexibility index (Phi) is 5.74. The monoisotopic (exact) mass is 392 g/mol. The first-order valence-corrected chi connectivity index (χ1v) is 10.3. The van der Waals surface area contributed by atoms with E-state index in [1.165, 1.54) is 42.4 Å². The number of nitrogens with zero attached hydrogens (tertiary/aromatic N) is 1. The summed E-state index contributed by atoms with van der Waals surface area (Å²) in [6.07, 6.45) is 8.71. The van der Waals surface area contributed by atoms with Gasteiger partial charge in [0.15, 0.2) is 0 Å². The molecule has 0 fully saturated rings. The van der Waals surface area contributed by atoms with E-state index in [2.05, 4.69) is 23.5 Å². The number of hydrogen-bond donors (Lipinski definition) is 2. The van der Waals surface area contributed by atoms with Crippen molar-refractivity contribution in [1.82, 2.24) is 10.2 Å². The number of benzene rings is 2. The minimum atomic E-state index is -0.801. The number of ether oxygens (including phenoxy) is 1. The van der Waals surface area contributed by atoms with Crippen LogP contribution in [0.1, 0.15) is 47.4 Å². The number of hydrogen-bond acceptors (Lipinski definition) is 4. The maximum atomic E-state index is 11.4. The molecule has 1 aliphatic heterocycles. The number of rotatable bonds is 7. The highest BCUT2D eigenvalue weighted by Gasteiger charge is 2.29. The highest BCUT2D eigenvalue weighted by molar-refractivity contribution is 5.68. The van der Waals surface area contributed by atoms with E-state index in [1.807, 2.05) is 48.6 Å². The van der Waals surface area contributed by atoms with Crippen LogP contribution in [0.2, 0.25) is 0 Å². The average molecular weight is 392 g/mol. The molecule has 4 rings (SSSR count). The topological polar surface area (TPSA) is 61.8 Å². The zero-order valence-electron chi connectivity index (χ0n) is 16.8. The van der Waals surface area contributed by atoms with Crippen molar-refractivity contribution < 1.29 is 14.6 Å². The van der Waals surface area contributed by atoms with Gasteiger partial charge in [-0.05, 0) is 60.1 Å². The SMILES string of the molecule is CN1C=CNC1[C@@H](CC(=O)O)c1ccc(OCc2ccc3c(c2)CCCC3)cc1. The van der Waals surface area contributed by atoms with Gasteiger partial charge in [-0.25, -0.2) is 0 Å². The minimum absolute atomic E-state index is 0.0617. The van der Waals surface area contributed by atoms with E-state index in [0.717, 1.165) is 11.3 Å². The summed E-state index contributed by atoms with van der Waals surface area (Å²) >= 11 is 0. The largest absolute Gasteiger partial charge is 0.489 e. The molecule has 2 N–H and O–H groups in total. The van der Waals surface area contributed by atoms with Crippen LogP contribution in [0.15, 0.2) is 54.9 Å². The lowest BCUT2D eigenvalue weighted by Gasteiger charge is -2.29. The second kappa shape index (κ2) is 8.60. The van der Waals surface area contributed by atoms with Crippen LogP contribution in [0.25, 0.3) is 0 Å². The third kappa shape index (κ3) is 4.56. The van der Waals surface area contributed by atoms with Gasteiger partial charge in [-0.1, -0.05) is 30.3 Å². The van der Waals surface area contributed by atoms with Gasteiger partial charge in [0.25, 0.3) is 0 Å². The quantitative estimate of drug-likeness (QED) is 0.745. The second-order valence-electron chi connectivity index (χ2n) is 7.96. The van der Waals surface area contributed by atoms with E-state index in [9.17, 15) is 9.90 Å². The van der Waals surface area contributed by atoms with E-state index in [1.54, 1.807) is 0 Å². The summed E-state index contributed by atoms with van der Waals surface area (Å²) in [6.45, 7) is 0.544. The predicted molar refractivity (Wildman–Crippen MR) is 113 cm³/mol. The van der Waals surface area contributed by atoms with E-state index >= 15 is 0 Å². The fraction of sp³-hybridized carbons (Fsp3) is 0.375. The molecule has 0 spiro atoms. The number of likely N-dealkylation sites (N-methyl/N-ethyl adjacent to an activating group) is 1. The van der Waals surface area contributed by atoms with Crippen molar-refractivity contribution in [3.8, 4) is 5.75 Å². The molecule has 1 heterocycles. The van der Waals surface area contributed by atoms with E-state index in [4.69, 9.17) is 4.74 Å². The molecule has 1 aliphatic carbocycles. The molecule has 5 nitrogen and oxygen atoms in total. The number of aryl methyl sites for hydroxylation is 2. The van der Waals surface area contributed by atoms with Crippen molar-refractivity contribution in [3.63, 3.8) is 0 Å². The number of carboxylic acid groups (broad SMARTS) is 1.